The molecule has 3 heterocycles. The molecule has 4 rings (SSSR count). The molecule has 0 bridgehead atoms. The molecule has 0 radical (unpaired) electrons. The number of amides is 2. The number of hydrogen-bond acceptors (Lipinski definition) is 6. The Bertz CT molecular complexity index is 948. The fourth-order valence-corrected chi connectivity index (χ4v) is 4.99. The molecule has 1 saturated heterocycles. The van der Waals surface area contributed by atoms with Crippen molar-refractivity contribution in [2.45, 2.75) is 26.3 Å². The van der Waals surface area contributed by atoms with E-state index < -0.39 is 0 Å². The molecule has 31 heavy (non-hydrogen) atoms. The second-order valence-corrected chi connectivity index (χ2v) is 9.41. The van der Waals surface area contributed by atoms with Crippen molar-refractivity contribution in [2.75, 3.05) is 38.1 Å². The van der Waals surface area contributed by atoms with Crippen LogP contribution in [0.15, 0.2) is 47.2 Å². The Morgan fingerprint density at radius 3 is 2.65 bits per heavy atom. The lowest BCUT2D eigenvalue weighted by molar-refractivity contribution is 0.143. The number of carbonyl (C=O) groups is 1. The van der Waals surface area contributed by atoms with Gasteiger partial charge in [-0.25, -0.2) is 9.78 Å². The van der Waals surface area contributed by atoms with Crippen LogP contribution in [0.25, 0.3) is 10.6 Å². The average Bonchev–Trinajstić information content (AvgIpc) is 3.48. The van der Waals surface area contributed by atoms with Gasteiger partial charge >= 0.3 is 6.03 Å². The van der Waals surface area contributed by atoms with Crippen LogP contribution in [-0.4, -0.2) is 53.6 Å². The zero-order valence-corrected chi connectivity index (χ0v) is 19.4. The lowest BCUT2D eigenvalue weighted by Gasteiger charge is -2.34. The van der Waals surface area contributed by atoms with Crippen molar-refractivity contribution in [1.82, 2.24) is 14.8 Å². The number of ether oxygens (including phenoxy) is 1. The van der Waals surface area contributed by atoms with Gasteiger partial charge in [-0.15, -0.1) is 22.7 Å². The molecule has 8 heteroatoms. The first-order valence-corrected chi connectivity index (χ1v) is 12.5. The number of rotatable bonds is 8. The van der Waals surface area contributed by atoms with Gasteiger partial charge in [-0.3, -0.25) is 4.90 Å². The largest absolute Gasteiger partial charge is 0.494 e. The van der Waals surface area contributed by atoms with E-state index >= 15 is 0 Å². The van der Waals surface area contributed by atoms with Gasteiger partial charge in [0.05, 0.1) is 23.7 Å². The van der Waals surface area contributed by atoms with Gasteiger partial charge in [0, 0.05) is 37.2 Å². The first-order valence-electron chi connectivity index (χ1n) is 10.7. The van der Waals surface area contributed by atoms with Crippen LogP contribution in [0.3, 0.4) is 0 Å². The SMILES string of the molecule is CCCCOc1ccc(NC(=O)N2CCN(Cc3nc(-c4cccs4)cs3)CC2)cc1. The summed E-state index contributed by atoms with van der Waals surface area (Å²) < 4.78 is 5.67. The molecule has 2 aromatic heterocycles. The van der Waals surface area contributed by atoms with Crippen LogP contribution in [0.5, 0.6) is 5.75 Å². The van der Waals surface area contributed by atoms with E-state index in [9.17, 15) is 4.79 Å². The molecule has 1 aromatic carbocycles. The van der Waals surface area contributed by atoms with Gasteiger partial charge in [0.15, 0.2) is 0 Å². The topological polar surface area (TPSA) is 57.7 Å². The number of unbranched alkanes of at least 4 members (excludes halogenated alkanes) is 1. The summed E-state index contributed by atoms with van der Waals surface area (Å²) in [6, 6.07) is 11.7. The zero-order chi connectivity index (χ0) is 21.5. The molecule has 0 saturated carbocycles. The molecule has 0 unspecified atom stereocenters. The summed E-state index contributed by atoms with van der Waals surface area (Å²) in [4.78, 5) is 22.8. The van der Waals surface area contributed by atoms with Gasteiger partial charge in [0.2, 0.25) is 0 Å². The molecule has 6 nitrogen and oxygen atoms in total. The summed E-state index contributed by atoms with van der Waals surface area (Å²) in [7, 11) is 0. The minimum atomic E-state index is -0.0477. The number of piperazine rings is 1. The van der Waals surface area contributed by atoms with Crippen molar-refractivity contribution in [3.05, 3.63) is 52.2 Å². The summed E-state index contributed by atoms with van der Waals surface area (Å²) in [5, 5.41) is 8.33. The number of anilines is 1. The fraction of sp³-hybridized carbons (Fsp3) is 0.391. The predicted molar refractivity (Wildman–Crippen MR) is 128 cm³/mol. The van der Waals surface area contributed by atoms with Crippen LogP contribution in [-0.2, 0) is 6.54 Å². The fourth-order valence-electron chi connectivity index (χ4n) is 3.39. The minimum Gasteiger partial charge on any atom is -0.494 e. The van der Waals surface area contributed by atoms with Crippen molar-refractivity contribution >= 4 is 34.4 Å². The Balaban J connectivity index is 1.22. The van der Waals surface area contributed by atoms with E-state index in [-0.39, 0.29) is 6.03 Å². The Morgan fingerprint density at radius 1 is 1.13 bits per heavy atom. The van der Waals surface area contributed by atoms with Crippen LogP contribution in [0.1, 0.15) is 24.8 Å². The number of nitrogens with zero attached hydrogens (tertiary/aromatic N) is 3. The predicted octanol–water partition coefficient (Wildman–Crippen LogP) is 5.40. The molecule has 0 aliphatic carbocycles. The van der Waals surface area contributed by atoms with E-state index in [1.165, 1.54) is 4.88 Å². The Morgan fingerprint density at radius 2 is 1.94 bits per heavy atom. The van der Waals surface area contributed by atoms with Gasteiger partial charge in [0.1, 0.15) is 10.8 Å². The maximum atomic E-state index is 12.6. The van der Waals surface area contributed by atoms with Crippen molar-refractivity contribution < 1.29 is 9.53 Å². The minimum absolute atomic E-state index is 0.0477. The Hall–Kier alpha value is -2.42. The van der Waals surface area contributed by atoms with E-state index in [1.54, 1.807) is 22.7 Å². The third kappa shape index (κ3) is 6.06. The lowest BCUT2D eigenvalue weighted by Crippen LogP contribution is -2.49. The monoisotopic (exact) mass is 456 g/mol. The van der Waals surface area contributed by atoms with Crippen molar-refractivity contribution in [3.63, 3.8) is 0 Å². The van der Waals surface area contributed by atoms with E-state index in [2.05, 4.69) is 40.0 Å². The third-order valence-electron chi connectivity index (χ3n) is 5.22. The molecule has 3 aromatic rings. The number of benzene rings is 1. The second kappa shape index (κ2) is 10.7. The lowest BCUT2D eigenvalue weighted by atomic mass is 10.3. The highest BCUT2D eigenvalue weighted by Crippen LogP contribution is 2.26. The van der Waals surface area contributed by atoms with Crippen molar-refractivity contribution in [1.29, 1.82) is 0 Å². The summed E-state index contributed by atoms with van der Waals surface area (Å²) in [6.07, 6.45) is 2.16. The van der Waals surface area contributed by atoms with Crippen LogP contribution in [0.2, 0.25) is 0 Å². The maximum absolute atomic E-state index is 12.6. The number of thiophene rings is 1. The van der Waals surface area contributed by atoms with Crippen LogP contribution in [0, 0.1) is 0 Å². The van der Waals surface area contributed by atoms with Crippen LogP contribution < -0.4 is 10.1 Å². The molecule has 1 aliphatic rings. The summed E-state index contributed by atoms with van der Waals surface area (Å²) >= 11 is 3.43. The second-order valence-electron chi connectivity index (χ2n) is 7.52. The zero-order valence-electron chi connectivity index (χ0n) is 17.8. The van der Waals surface area contributed by atoms with Gasteiger partial charge in [-0.05, 0) is 42.1 Å². The van der Waals surface area contributed by atoms with Gasteiger partial charge in [-0.2, -0.15) is 0 Å². The summed E-state index contributed by atoms with van der Waals surface area (Å²) in [5.74, 6) is 0.837. The summed E-state index contributed by atoms with van der Waals surface area (Å²) in [5.41, 5.74) is 1.86. The highest BCUT2D eigenvalue weighted by molar-refractivity contribution is 7.14. The smallest absolute Gasteiger partial charge is 0.321 e. The van der Waals surface area contributed by atoms with Crippen molar-refractivity contribution in [3.8, 4) is 16.3 Å². The highest BCUT2D eigenvalue weighted by Gasteiger charge is 2.22. The molecule has 2 amide bonds. The third-order valence-corrected chi connectivity index (χ3v) is 6.94. The number of aromatic nitrogens is 1. The Kier molecular flexibility index (Phi) is 7.56. The maximum Gasteiger partial charge on any atom is 0.321 e. The first kappa shape index (κ1) is 21.8. The molecule has 0 atom stereocenters. The van der Waals surface area contributed by atoms with Gasteiger partial charge in [0.25, 0.3) is 0 Å². The van der Waals surface area contributed by atoms with Gasteiger partial charge in [-0.1, -0.05) is 19.4 Å². The number of nitrogens with one attached hydrogen (secondary N) is 1. The normalized spacial score (nSPS) is 14.5. The molecule has 0 spiro atoms. The van der Waals surface area contributed by atoms with Gasteiger partial charge < -0.3 is 15.0 Å². The highest BCUT2D eigenvalue weighted by atomic mass is 32.1. The van der Waals surface area contributed by atoms with E-state index in [4.69, 9.17) is 9.72 Å². The van der Waals surface area contributed by atoms with Crippen LogP contribution in [0.4, 0.5) is 10.5 Å². The summed E-state index contributed by atoms with van der Waals surface area (Å²) in [6.45, 7) is 6.84. The number of urea groups is 1. The molecular weight excluding hydrogens is 428 g/mol. The Labute approximate surface area is 191 Å². The first-order chi connectivity index (χ1) is 15.2. The van der Waals surface area contributed by atoms with Crippen molar-refractivity contribution in [2.24, 2.45) is 0 Å². The molecule has 1 N–H and O–H groups in total. The quantitative estimate of drug-likeness (QED) is 0.461. The molecular formula is C23H28N4O2S2. The van der Waals surface area contributed by atoms with E-state index in [1.807, 2.05) is 29.2 Å². The number of hydrogen-bond donors (Lipinski definition) is 1. The molecule has 164 valence electrons. The van der Waals surface area contributed by atoms with Crippen LogP contribution >= 0.6 is 22.7 Å². The van der Waals surface area contributed by atoms with E-state index in [0.29, 0.717) is 13.1 Å². The van der Waals surface area contributed by atoms with E-state index in [0.717, 1.165) is 61.2 Å². The molecule has 1 fully saturated rings. The molecule has 1 aliphatic heterocycles. The number of carbonyl (C=O) groups excluding carboxylic acids is 1. The number of thiazole rings is 1. The average molecular weight is 457 g/mol. The standard InChI is InChI=1S/C23H28N4O2S2/c1-2-3-14-29-19-8-6-18(7-9-19)24-23(28)27-12-10-26(11-13-27)16-22-25-20(17-31-22)21-5-4-15-30-21/h4-9,15,17H,2-3,10-14,16H2,1H3,(H,24,28).